The summed E-state index contributed by atoms with van der Waals surface area (Å²) in [5, 5.41) is 3.39. The van der Waals surface area contributed by atoms with Gasteiger partial charge in [0, 0.05) is 52.5 Å². The van der Waals surface area contributed by atoms with Gasteiger partial charge in [-0.1, -0.05) is 0 Å². The van der Waals surface area contributed by atoms with Crippen LogP contribution in [0.2, 0.25) is 0 Å². The topological polar surface area (TPSA) is 46.9 Å². The smallest absolute Gasteiger partial charge is 0.0947 e. The van der Waals surface area contributed by atoms with E-state index in [4.69, 9.17) is 13.9 Å². The average molecular weight is 256 g/mol. The van der Waals surface area contributed by atoms with Crippen LogP contribution in [0.5, 0.6) is 0 Å². The molecule has 0 aliphatic heterocycles. The van der Waals surface area contributed by atoms with Crippen molar-refractivity contribution < 1.29 is 13.9 Å². The van der Waals surface area contributed by atoms with E-state index < -0.39 is 0 Å². The van der Waals surface area contributed by atoms with Crippen LogP contribution in [0.4, 0.5) is 0 Å². The van der Waals surface area contributed by atoms with Crippen LogP contribution < -0.4 is 5.32 Å². The Morgan fingerprint density at radius 2 is 1.89 bits per heavy atom. The molecule has 0 aliphatic carbocycles. The van der Waals surface area contributed by atoms with Crippen molar-refractivity contribution in [1.29, 1.82) is 0 Å². The normalized spacial score (nSPS) is 11.3. The molecule has 0 aromatic carbocycles. The SMILES string of the molecule is COCCN(CCNCc1ccoc1)CCOC. The van der Waals surface area contributed by atoms with Gasteiger partial charge in [0.2, 0.25) is 0 Å². The van der Waals surface area contributed by atoms with Crippen molar-refractivity contribution in [1.82, 2.24) is 10.2 Å². The van der Waals surface area contributed by atoms with Gasteiger partial charge in [0.25, 0.3) is 0 Å². The van der Waals surface area contributed by atoms with Crippen molar-refractivity contribution >= 4 is 0 Å². The summed E-state index contributed by atoms with van der Waals surface area (Å²) in [7, 11) is 3.46. The summed E-state index contributed by atoms with van der Waals surface area (Å²) in [6.07, 6.45) is 3.46. The van der Waals surface area contributed by atoms with Gasteiger partial charge in [-0.2, -0.15) is 0 Å². The van der Waals surface area contributed by atoms with Crippen molar-refractivity contribution in [3.63, 3.8) is 0 Å². The lowest BCUT2D eigenvalue weighted by Gasteiger charge is -2.21. The zero-order valence-corrected chi connectivity index (χ0v) is 11.4. The first kappa shape index (κ1) is 15.2. The average Bonchev–Trinajstić information content (AvgIpc) is 2.90. The largest absolute Gasteiger partial charge is 0.472 e. The molecule has 0 atom stereocenters. The Morgan fingerprint density at radius 1 is 1.17 bits per heavy atom. The second-order valence-electron chi connectivity index (χ2n) is 4.14. The van der Waals surface area contributed by atoms with E-state index in [1.807, 2.05) is 6.07 Å². The Labute approximate surface area is 109 Å². The first-order valence-corrected chi connectivity index (χ1v) is 6.29. The monoisotopic (exact) mass is 256 g/mol. The minimum absolute atomic E-state index is 0.755. The van der Waals surface area contributed by atoms with Gasteiger partial charge in [-0.3, -0.25) is 4.90 Å². The molecular weight excluding hydrogens is 232 g/mol. The summed E-state index contributed by atoms with van der Waals surface area (Å²) >= 11 is 0. The molecule has 0 unspecified atom stereocenters. The molecular formula is C13H24N2O3. The molecule has 0 spiro atoms. The third-order valence-corrected chi connectivity index (χ3v) is 2.74. The first-order valence-electron chi connectivity index (χ1n) is 6.29. The molecule has 1 heterocycles. The lowest BCUT2D eigenvalue weighted by Crippen LogP contribution is -2.36. The number of furan rings is 1. The number of hydrogen-bond acceptors (Lipinski definition) is 5. The van der Waals surface area contributed by atoms with E-state index in [-0.39, 0.29) is 0 Å². The summed E-state index contributed by atoms with van der Waals surface area (Å²) in [5.74, 6) is 0. The Balaban J connectivity index is 2.11. The van der Waals surface area contributed by atoms with Gasteiger partial charge in [0.15, 0.2) is 0 Å². The van der Waals surface area contributed by atoms with E-state index in [0.29, 0.717) is 0 Å². The van der Waals surface area contributed by atoms with Gasteiger partial charge < -0.3 is 19.2 Å². The number of methoxy groups -OCH3 is 2. The van der Waals surface area contributed by atoms with Crippen molar-refractivity contribution in [2.24, 2.45) is 0 Å². The summed E-state index contributed by atoms with van der Waals surface area (Å²) in [4.78, 5) is 2.33. The lowest BCUT2D eigenvalue weighted by molar-refractivity contribution is 0.114. The molecule has 0 saturated carbocycles. The van der Waals surface area contributed by atoms with Crippen LogP contribution in [-0.4, -0.2) is 58.5 Å². The molecule has 1 aromatic heterocycles. The second kappa shape index (κ2) is 10.1. The minimum atomic E-state index is 0.755. The fourth-order valence-corrected chi connectivity index (χ4v) is 1.64. The lowest BCUT2D eigenvalue weighted by atomic mass is 10.3. The van der Waals surface area contributed by atoms with Gasteiger partial charge in [-0.25, -0.2) is 0 Å². The molecule has 1 aromatic rings. The Morgan fingerprint density at radius 3 is 2.44 bits per heavy atom. The molecule has 104 valence electrons. The molecule has 18 heavy (non-hydrogen) atoms. The van der Waals surface area contributed by atoms with Crippen molar-refractivity contribution in [2.75, 3.05) is 53.6 Å². The Hall–Kier alpha value is -0.880. The van der Waals surface area contributed by atoms with Crippen molar-refractivity contribution in [3.8, 4) is 0 Å². The molecule has 0 radical (unpaired) electrons. The maximum absolute atomic E-state index is 5.10. The number of nitrogens with zero attached hydrogens (tertiary/aromatic N) is 1. The molecule has 0 amide bonds. The van der Waals surface area contributed by atoms with E-state index in [1.165, 1.54) is 5.56 Å². The quantitative estimate of drug-likeness (QED) is 0.598. The summed E-state index contributed by atoms with van der Waals surface area (Å²) in [6.45, 7) is 6.17. The summed E-state index contributed by atoms with van der Waals surface area (Å²) in [6, 6.07) is 1.97. The number of rotatable bonds is 11. The van der Waals surface area contributed by atoms with Crippen LogP contribution in [0, 0.1) is 0 Å². The van der Waals surface area contributed by atoms with E-state index in [1.54, 1.807) is 26.7 Å². The molecule has 5 heteroatoms. The Kier molecular flexibility index (Phi) is 8.50. The van der Waals surface area contributed by atoms with Crippen LogP contribution in [0.15, 0.2) is 23.0 Å². The molecule has 0 saturated heterocycles. The number of ether oxygens (including phenoxy) is 2. The van der Waals surface area contributed by atoms with Crippen LogP contribution in [0.1, 0.15) is 5.56 Å². The maximum atomic E-state index is 5.10. The minimum Gasteiger partial charge on any atom is -0.472 e. The predicted molar refractivity (Wildman–Crippen MR) is 70.6 cm³/mol. The molecule has 1 rings (SSSR count). The molecule has 0 bridgehead atoms. The fourth-order valence-electron chi connectivity index (χ4n) is 1.64. The van der Waals surface area contributed by atoms with Crippen LogP contribution in [-0.2, 0) is 16.0 Å². The van der Waals surface area contributed by atoms with Gasteiger partial charge in [-0.15, -0.1) is 0 Å². The van der Waals surface area contributed by atoms with E-state index in [0.717, 1.165) is 45.9 Å². The predicted octanol–water partition coefficient (Wildman–Crippen LogP) is 0.964. The highest BCUT2D eigenvalue weighted by molar-refractivity contribution is 5.04. The number of hydrogen-bond donors (Lipinski definition) is 1. The van der Waals surface area contributed by atoms with Crippen LogP contribution in [0.3, 0.4) is 0 Å². The van der Waals surface area contributed by atoms with E-state index in [9.17, 15) is 0 Å². The third kappa shape index (κ3) is 6.76. The summed E-state index contributed by atoms with van der Waals surface area (Å²) in [5.41, 5.74) is 1.18. The van der Waals surface area contributed by atoms with Gasteiger partial charge in [0.05, 0.1) is 25.7 Å². The van der Waals surface area contributed by atoms with Gasteiger partial charge >= 0.3 is 0 Å². The molecule has 0 fully saturated rings. The highest BCUT2D eigenvalue weighted by Crippen LogP contribution is 1.98. The maximum Gasteiger partial charge on any atom is 0.0947 e. The third-order valence-electron chi connectivity index (χ3n) is 2.74. The van der Waals surface area contributed by atoms with Gasteiger partial charge in [0.1, 0.15) is 0 Å². The molecule has 1 N–H and O–H groups in total. The zero-order valence-electron chi connectivity index (χ0n) is 11.4. The number of nitrogens with one attached hydrogen (secondary N) is 1. The van der Waals surface area contributed by atoms with Gasteiger partial charge in [-0.05, 0) is 6.07 Å². The van der Waals surface area contributed by atoms with Crippen LogP contribution >= 0.6 is 0 Å². The summed E-state index contributed by atoms with van der Waals surface area (Å²) < 4.78 is 15.2. The van der Waals surface area contributed by atoms with Crippen LogP contribution in [0.25, 0.3) is 0 Å². The zero-order chi connectivity index (χ0) is 13.1. The highest BCUT2D eigenvalue weighted by atomic mass is 16.5. The van der Waals surface area contributed by atoms with E-state index in [2.05, 4.69) is 10.2 Å². The standard InChI is InChI=1S/C13H24N2O3/c1-16-9-6-15(7-10-17-2)5-4-14-11-13-3-8-18-12-13/h3,8,12,14H,4-7,9-11H2,1-2H3. The fraction of sp³-hybridized carbons (Fsp3) is 0.692. The van der Waals surface area contributed by atoms with E-state index >= 15 is 0 Å². The van der Waals surface area contributed by atoms with Crippen molar-refractivity contribution in [2.45, 2.75) is 6.54 Å². The second-order valence-corrected chi connectivity index (χ2v) is 4.14. The van der Waals surface area contributed by atoms with Crippen molar-refractivity contribution in [3.05, 3.63) is 24.2 Å². The molecule has 0 aliphatic rings. The highest BCUT2D eigenvalue weighted by Gasteiger charge is 2.03. The Bertz CT molecular complexity index is 270. The first-order chi connectivity index (χ1) is 8.86. The molecule has 5 nitrogen and oxygen atoms in total.